The van der Waals surface area contributed by atoms with E-state index in [1.165, 1.54) is 6.20 Å². The van der Waals surface area contributed by atoms with Gasteiger partial charge in [0.25, 0.3) is 5.91 Å². The predicted molar refractivity (Wildman–Crippen MR) is 120 cm³/mol. The van der Waals surface area contributed by atoms with Crippen molar-refractivity contribution in [1.82, 2.24) is 29.7 Å². The summed E-state index contributed by atoms with van der Waals surface area (Å²) in [5, 5.41) is 7.98. The Morgan fingerprint density at radius 1 is 1.19 bits per heavy atom. The molecule has 0 radical (unpaired) electrons. The molecule has 5 aromatic rings. The molecule has 162 valence electrons. The number of ether oxygens (including phenoxy) is 2. The number of nitrogens with one attached hydrogen (secondary N) is 3. The summed E-state index contributed by atoms with van der Waals surface area (Å²) < 4.78 is 12.2. The molecule has 0 atom stereocenters. The Hall–Kier alpha value is -4.18. The molecule has 0 aliphatic carbocycles. The van der Waals surface area contributed by atoms with Crippen molar-refractivity contribution in [3.05, 3.63) is 54.6 Å². The quantitative estimate of drug-likeness (QED) is 0.364. The summed E-state index contributed by atoms with van der Waals surface area (Å²) in [6.07, 6.45) is 6.79. The maximum absolute atomic E-state index is 12.7. The highest BCUT2D eigenvalue weighted by Gasteiger charge is 2.18. The van der Waals surface area contributed by atoms with Gasteiger partial charge in [-0.3, -0.25) is 14.8 Å². The molecule has 32 heavy (non-hydrogen) atoms. The van der Waals surface area contributed by atoms with E-state index in [2.05, 4.69) is 30.4 Å². The second kappa shape index (κ2) is 8.16. The summed E-state index contributed by atoms with van der Waals surface area (Å²) in [6.45, 7) is 1.08. The molecule has 0 saturated heterocycles. The van der Waals surface area contributed by atoms with E-state index >= 15 is 0 Å². The largest absolute Gasteiger partial charge is 0.494 e. The molecule has 4 heterocycles. The minimum absolute atomic E-state index is 0.315. The van der Waals surface area contributed by atoms with Crippen LogP contribution in [0.4, 0.5) is 5.95 Å². The van der Waals surface area contributed by atoms with Crippen molar-refractivity contribution in [1.29, 1.82) is 0 Å². The topological polar surface area (TPSA) is 123 Å². The number of imidazole rings is 1. The van der Waals surface area contributed by atoms with Gasteiger partial charge in [-0.1, -0.05) is 0 Å². The zero-order chi connectivity index (χ0) is 22.1. The number of fused-ring (bicyclic) bond motifs is 2. The molecule has 0 aliphatic heterocycles. The van der Waals surface area contributed by atoms with Crippen molar-refractivity contribution in [3.63, 3.8) is 0 Å². The number of carbonyl (C=O) groups is 1. The third-order valence-electron chi connectivity index (χ3n) is 5.23. The van der Waals surface area contributed by atoms with Crippen LogP contribution in [-0.4, -0.2) is 56.5 Å². The Balaban J connectivity index is 1.51. The smallest absolute Gasteiger partial charge is 0.261 e. The lowest BCUT2D eigenvalue weighted by atomic mass is 10.0. The summed E-state index contributed by atoms with van der Waals surface area (Å²) in [6, 6.07) is 7.75. The van der Waals surface area contributed by atoms with Gasteiger partial charge in [-0.25, -0.2) is 9.97 Å². The average molecular weight is 431 g/mol. The van der Waals surface area contributed by atoms with Gasteiger partial charge in [-0.2, -0.15) is 5.10 Å². The number of carbonyl (C=O) groups excluding carboxylic acids is 1. The molecule has 0 fully saturated rings. The summed E-state index contributed by atoms with van der Waals surface area (Å²) >= 11 is 0. The third kappa shape index (κ3) is 3.46. The van der Waals surface area contributed by atoms with Crippen LogP contribution in [0.1, 0.15) is 10.4 Å². The molecule has 0 spiro atoms. The minimum Gasteiger partial charge on any atom is -0.494 e. The van der Waals surface area contributed by atoms with E-state index in [1.54, 1.807) is 31.3 Å². The summed E-state index contributed by atoms with van der Waals surface area (Å²) in [5.74, 6) is 0.633. The lowest BCUT2D eigenvalue weighted by molar-refractivity contribution is 0.102. The number of anilines is 1. The fourth-order valence-electron chi connectivity index (χ4n) is 3.68. The summed E-state index contributed by atoms with van der Waals surface area (Å²) in [4.78, 5) is 28.1. The highest BCUT2D eigenvalue weighted by Crippen LogP contribution is 2.36. The molecule has 1 aromatic carbocycles. The molecule has 1 amide bonds. The lowest BCUT2D eigenvalue weighted by Crippen LogP contribution is -2.12. The van der Waals surface area contributed by atoms with Gasteiger partial charge < -0.3 is 19.4 Å². The zero-order valence-electron chi connectivity index (χ0n) is 17.5. The number of hydrogen-bond donors (Lipinski definition) is 3. The SMILES string of the molecule is COCCn1cc(C(=O)Nc2nc3c(-c4ccnc5[nH]ccc45)ccc(OC)c3[nH]2)cn1. The van der Waals surface area contributed by atoms with E-state index in [0.29, 0.717) is 41.4 Å². The number of aromatic nitrogens is 6. The first-order chi connectivity index (χ1) is 15.7. The van der Waals surface area contributed by atoms with Crippen molar-refractivity contribution in [2.75, 3.05) is 26.1 Å². The van der Waals surface area contributed by atoms with Crippen molar-refractivity contribution in [3.8, 4) is 16.9 Å². The molecule has 0 bridgehead atoms. The van der Waals surface area contributed by atoms with Gasteiger partial charge in [0, 0.05) is 36.7 Å². The van der Waals surface area contributed by atoms with E-state index in [4.69, 9.17) is 9.47 Å². The summed E-state index contributed by atoms with van der Waals surface area (Å²) in [7, 11) is 3.22. The fourth-order valence-corrected chi connectivity index (χ4v) is 3.68. The maximum atomic E-state index is 12.7. The van der Waals surface area contributed by atoms with Crippen molar-refractivity contribution in [2.24, 2.45) is 0 Å². The highest BCUT2D eigenvalue weighted by molar-refractivity contribution is 6.06. The van der Waals surface area contributed by atoms with Crippen LogP contribution >= 0.6 is 0 Å². The number of benzene rings is 1. The highest BCUT2D eigenvalue weighted by atomic mass is 16.5. The molecule has 0 aliphatic rings. The van der Waals surface area contributed by atoms with Crippen molar-refractivity contribution >= 4 is 33.9 Å². The van der Waals surface area contributed by atoms with E-state index in [0.717, 1.165) is 22.2 Å². The van der Waals surface area contributed by atoms with Gasteiger partial charge >= 0.3 is 0 Å². The Labute approximate surface area is 182 Å². The predicted octanol–water partition coefficient (Wildman–Crippen LogP) is 3.21. The van der Waals surface area contributed by atoms with Gasteiger partial charge in [0.2, 0.25) is 5.95 Å². The average Bonchev–Trinajstić information content (AvgIpc) is 3.55. The Kier molecular flexibility index (Phi) is 5.04. The van der Waals surface area contributed by atoms with Crippen LogP contribution in [0.15, 0.2) is 49.1 Å². The number of pyridine rings is 1. The third-order valence-corrected chi connectivity index (χ3v) is 5.23. The maximum Gasteiger partial charge on any atom is 0.261 e. The van der Waals surface area contributed by atoms with Crippen LogP contribution in [0.3, 0.4) is 0 Å². The first-order valence-electron chi connectivity index (χ1n) is 10.00. The van der Waals surface area contributed by atoms with Gasteiger partial charge in [-0.15, -0.1) is 0 Å². The second-order valence-corrected chi connectivity index (χ2v) is 7.16. The Bertz CT molecular complexity index is 1420. The molecule has 4 aromatic heterocycles. The number of methoxy groups -OCH3 is 2. The molecule has 10 nitrogen and oxygen atoms in total. The monoisotopic (exact) mass is 431 g/mol. The minimum atomic E-state index is -0.315. The van der Waals surface area contributed by atoms with Crippen LogP contribution in [0.5, 0.6) is 5.75 Å². The van der Waals surface area contributed by atoms with Crippen LogP contribution in [-0.2, 0) is 11.3 Å². The number of H-pyrrole nitrogens is 2. The van der Waals surface area contributed by atoms with Gasteiger partial charge in [0.15, 0.2) is 0 Å². The molecular weight excluding hydrogens is 410 g/mol. The fraction of sp³-hybridized carbons (Fsp3) is 0.182. The van der Waals surface area contributed by atoms with Gasteiger partial charge in [0.1, 0.15) is 22.4 Å². The number of aromatic amines is 2. The summed E-state index contributed by atoms with van der Waals surface area (Å²) in [5.41, 5.74) is 4.48. The van der Waals surface area contributed by atoms with Crippen molar-refractivity contribution < 1.29 is 14.3 Å². The number of rotatable bonds is 7. The normalized spacial score (nSPS) is 11.3. The molecular formula is C22H21N7O3. The number of nitrogens with zero attached hydrogens (tertiary/aromatic N) is 4. The van der Waals surface area contributed by atoms with E-state index in [1.807, 2.05) is 30.5 Å². The van der Waals surface area contributed by atoms with Crippen LogP contribution in [0, 0.1) is 0 Å². The lowest BCUT2D eigenvalue weighted by Gasteiger charge is -2.07. The standard InChI is InChI=1S/C22H21N7O3/c1-31-10-9-29-12-13(11-25-29)21(30)28-22-26-18-15(3-4-17(32-2)19(18)27-22)14-5-7-23-20-16(14)6-8-24-20/h3-8,11-12H,9-10H2,1-2H3,(H,23,24)(H2,26,27,28,30). The van der Waals surface area contributed by atoms with E-state index in [9.17, 15) is 4.79 Å². The molecule has 0 saturated carbocycles. The zero-order valence-corrected chi connectivity index (χ0v) is 17.5. The number of amides is 1. The van der Waals surface area contributed by atoms with E-state index in [-0.39, 0.29) is 5.91 Å². The number of hydrogen-bond acceptors (Lipinski definition) is 6. The van der Waals surface area contributed by atoms with Crippen LogP contribution in [0.2, 0.25) is 0 Å². The first kappa shape index (κ1) is 19.8. The van der Waals surface area contributed by atoms with Gasteiger partial charge in [-0.05, 0) is 29.8 Å². The van der Waals surface area contributed by atoms with Crippen molar-refractivity contribution in [2.45, 2.75) is 6.54 Å². The molecule has 5 rings (SSSR count). The Morgan fingerprint density at radius 2 is 2.09 bits per heavy atom. The van der Waals surface area contributed by atoms with E-state index < -0.39 is 0 Å². The Morgan fingerprint density at radius 3 is 2.94 bits per heavy atom. The molecule has 0 unspecified atom stereocenters. The first-order valence-corrected chi connectivity index (χ1v) is 10.00. The molecule has 3 N–H and O–H groups in total. The van der Waals surface area contributed by atoms with Crippen LogP contribution in [0.25, 0.3) is 33.2 Å². The molecule has 10 heteroatoms. The van der Waals surface area contributed by atoms with Gasteiger partial charge in [0.05, 0.1) is 32.0 Å². The van der Waals surface area contributed by atoms with Crippen LogP contribution < -0.4 is 10.1 Å². The second-order valence-electron chi connectivity index (χ2n) is 7.16.